The molecule has 1 aromatic heterocycles. The molecule has 0 amide bonds. The van der Waals surface area contributed by atoms with Crippen LogP contribution in [-0.4, -0.2) is 19.2 Å². The molecule has 0 bridgehead atoms. The summed E-state index contributed by atoms with van der Waals surface area (Å²) in [6.45, 7) is 1.51. The van der Waals surface area contributed by atoms with E-state index in [0.717, 1.165) is 28.2 Å². The summed E-state index contributed by atoms with van der Waals surface area (Å²) in [4.78, 5) is 11.0. The Kier molecular flexibility index (Phi) is 4.53. The van der Waals surface area contributed by atoms with E-state index in [1.807, 2.05) is 0 Å². The average Bonchev–Trinajstić information content (AvgIpc) is 2.92. The lowest BCUT2D eigenvalue weighted by Crippen LogP contribution is -2.13. The van der Waals surface area contributed by atoms with E-state index in [1.54, 1.807) is 0 Å². The molecule has 26 heavy (non-hydrogen) atoms. The zero-order valence-electron chi connectivity index (χ0n) is 13.6. The lowest BCUT2D eigenvalue weighted by Gasteiger charge is -2.11. The van der Waals surface area contributed by atoms with Crippen molar-refractivity contribution < 1.29 is 21.6 Å². The van der Waals surface area contributed by atoms with E-state index in [4.69, 9.17) is 0 Å². The van der Waals surface area contributed by atoms with E-state index in [-0.39, 0.29) is 22.5 Å². The molecule has 3 rings (SSSR count). The van der Waals surface area contributed by atoms with Crippen LogP contribution in [-0.2, 0) is 9.84 Å². The molecule has 0 aliphatic rings. The molecule has 0 aliphatic heterocycles. The van der Waals surface area contributed by atoms with E-state index in [9.17, 15) is 26.4 Å². The number of hydrogen-bond acceptors (Lipinski definition) is 4. The Morgan fingerprint density at radius 2 is 1.69 bits per heavy atom. The first-order chi connectivity index (χ1) is 12.1. The van der Waals surface area contributed by atoms with Crippen LogP contribution < -0.4 is 4.87 Å². The fourth-order valence-electron chi connectivity index (χ4n) is 2.52. The molecule has 136 valence electrons. The highest BCUT2D eigenvalue weighted by Gasteiger charge is 2.21. The van der Waals surface area contributed by atoms with Gasteiger partial charge in [0.1, 0.15) is 22.3 Å². The molecule has 9 heteroatoms. The number of nitrogens with zero attached hydrogens (tertiary/aromatic N) is 1. The van der Waals surface area contributed by atoms with Gasteiger partial charge >= 0.3 is 4.87 Å². The zero-order chi connectivity index (χ0) is 19.2. The summed E-state index contributed by atoms with van der Waals surface area (Å²) < 4.78 is 66.3. The van der Waals surface area contributed by atoms with Crippen molar-refractivity contribution in [2.24, 2.45) is 0 Å². The molecule has 0 spiro atoms. The topological polar surface area (TPSA) is 56.1 Å². The number of rotatable bonds is 3. The van der Waals surface area contributed by atoms with Gasteiger partial charge in [-0.25, -0.2) is 21.6 Å². The molecule has 0 atom stereocenters. The van der Waals surface area contributed by atoms with Crippen LogP contribution in [0.5, 0.6) is 0 Å². The van der Waals surface area contributed by atoms with Gasteiger partial charge in [-0.15, -0.1) is 0 Å². The van der Waals surface area contributed by atoms with Crippen LogP contribution in [0.1, 0.15) is 5.56 Å². The smallest absolute Gasteiger partial charge is 0.267 e. The molecule has 4 nitrogen and oxygen atoms in total. The Morgan fingerprint density at radius 1 is 1.00 bits per heavy atom. The van der Waals surface area contributed by atoms with Crippen molar-refractivity contribution in [2.45, 2.75) is 11.8 Å². The van der Waals surface area contributed by atoms with Gasteiger partial charge in [-0.3, -0.25) is 9.36 Å². The first-order valence-electron chi connectivity index (χ1n) is 7.26. The van der Waals surface area contributed by atoms with E-state index in [2.05, 4.69) is 0 Å². The van der Waals surface area contributed by atoms with Gasteiger partial charge in [0, 0.05) is 17.2 Å². The van der Waals surface area contributed by atoms with Gasteiger partial charge in [-0.1, -0.05) is 11.3 Å². The summed E-state index contributed by atoms with van der Waals surface area (Å²) in [7, 11) is -3.94. The van der Waals surface area contributed by atoms with Crippen LogP contribution in [0.4, 0.5) is 13.2 Å². The van der Waals surface area contributed by atoms with Gasteiger partial charge in [-0.2, -0.15) is 0 Å². The molecule has 2 aromatic carbocycles. The standard InChI is InChI=1S/C17H12F3NO3S2/c1-9-5-10(3-4-12(9)18)21-15(8-25-17(21)22)11-6-14(20)16(7-13(11)19)26(2,23)24/h3-8H,1-2H3. The fraction of sp³-hybridized carbons (Fsp3) is 0.118. The summed E-state index contributed by atoms with van der Waals surface area (Å²) >= 11 is 0.761. The quantitative estimate of drug-likeness (QED) is 0.675. The van der Waals surface area contributed by atoms with E-state index in [0.29, 0.717) is 6.07 Å². The van der Waals surface area contributed by atoms with E-state index < -0.39 is 37.1 Å². The molecule has 0 saturated carbocycles. The van der Waals surface area contributed by atoms with Crippen LogP contribution in [0.15, 0.2) is 45.4 Å². The number of halogens is 3. The van der Waals surface area contributed by atoms with Crippen LogP contribution in [0.2, 0.25) is 0 Å². The van der Waals surface area contributed by atoms with E-state index >= 15 is 0 Å². The molecule has 3 aromatic rings. The van der Waals surface area contributed by atoms with Crippen molar-refractivity contribution in [3.8, 4) is 16.9 Å². The molecule has 0 aliphatic carbocycles. The number of sulfone groups is 1. The fourth-order valence-corrected chi connectivity index (χ4v) is 4.00. The molecule has 0 N–H and O–H groups in total. The maximum absolute atomic E-state index is 14.5. The Hall–Kier alpha value is -2.39. The summed E-state index contributed by atoms with van der Waals surface area (Å²) in [5, 5.41) is 1.33. The van der Waals surface area contributed by atoms with Crippen molar-refractivity contribution in [1.29, 1.82) is 0 Å². The van der Waals surface area contributed by atoms with Crippen molar-refractivity contribution in [3.63, 3.8) is 0 Å². The molecule has 1 heterocycles. The highest BCUT2D eigenvalue weighted by atomic mass is 32.2. The van der Waals surface area contributed by atoms with Gasteiger partial charge in [0.05, 0.1) is 11.4 Å². The normalized spacial score (nSPS) is 11.7. The number of hydrogen-bond donors (Lipinski definition) is 0. The number of aryl methyl sites for hydroxylation is 1. The minimum atomic E-state index is -3.94. The molecule has 0 radical (unpaired) electrons. The lowest BCUT2D eigenvalue weighted by atomic mass is 10.1. The number of thiazole rings is 1. The van der Waals surface area contributed by atoms with Crippen molar-refractivity contribution >= 4 is 21.2 Å². The molecule has 0 fully saturated rings. The van der Waals surface area contributed by atoms with Crippen LogP contribution in [0.3, 0.4) is 0 Å². The molecule has 0 saturated heterocycles. The third-order valence-corrected chi connectivity index (χ3v) is 5.63. The maximum atomic E-state index is 14.5. The summed E-state index contributed by atoms with van der Waals surface area (Å²) in [6.07, 6.45) is 0.770. The molecule has 0 unspecified atom stereocenters. The maximum Gasteiger partial charge on any atom is 0.312 e. The first-order valence-corrected chi connectivity index (χ1v) is 10.0. The molecular weight excluding hydrogens is 387 g/mol. The number of benzene rings is 2. The number of aromatic nitrogens is 1. The Balaban J connectivity index is 2.26. The van der Waals surface area contributed by atoms with Crippen molar-refractivity contribution in [3.05, 3.63) is 68.4 Å². The monoisotopic (exact) mass is 399 g/mol. The van der Waals surface area contributed by atoms with Gasteiger partial charge in [0.15, 0.2) is 9.84 Å². The largest absolute Gasteiger partial charge is 0.312 e. The predicted octanol–water partition coefficient (Wildman–Crippen LogP) is 3.70. The predicted molar refractivity (Wildman–Crippen MR) is 93.1 cm³/mol. The summed E-state index contributed by atoms with van der Waals surface area (Å²) in [6, 6.07) is 5.25. The highest BCUT2D eigenvalue weighted by molar-refractivity contribution is 7.90. The zero-order valence-corrected chi connectivity index (χ0v) is 15.2. The third kappa shape index (κ3) is 3.19. The summed E-state index contributed by atoms with van der Waals surface area (Å²) in [5.74, 6) is -2.57. The Morgan fingerprint density at radius 3 is 2.31 bits per heavy atom. The second-order valence-corrected chi connectivity index (χ2v) is 8.50. The van der Waals surface area contributed by atoms with Gasteiger partial charge in [-0.05, 0) is 42.8 Å². The lowest BCUT2D eigenvalue weighted by molar-refractivity contribution is 0.557. The molecular formula is C17H12F3NO3S2. The highest BCUT2D eigenvalue weighted by Crippen LogP contribution is 2.30. The second kappa shape index (κ2) is 6.40. The Bertz CT molecular complexity index is 1180. The first kappa shape index (κ1) is 18.4. The van der Waals surface area contributed by atoms with Gasteiger partial charge < -0.3 is 0 Å². The van der Waals surface area contributed by atoms with Crippen LogP contribution in [0.25, 0.3) is 16.9 Å². The van der Waals surface area contributed by atoms with Gasteiger partial charge in [0.2, 0.25) is 0 Å². The van der Waals surface area contributed by atoms with Crippen molar-refractivity contribution in [2.75, 3.05) is 6.26 Å². The minimum absolute atomic E-state index is 0.0439. The van der Waals surface area contributed by atoms with E-state index in [1.165, 1.54) is 30.5 Å². The van der Waals surface area contributed by atoms with Crippen LogP contribution >= 0.6 is 11.3 Å². The third-order valence-electron chi connectivity index (χ3n) is 3.79. The SMILES string of the molecule is Cc1cc(-n2c(-c3cc(F)c(S(C)(=O)=O)cc3F)csc2=O)ccc1F. The summed E-state index contributed by atoms with van der Waals surface area (Å²) in [5.41, 5.74) is 0.348. The minimum Gasteiger partial charge on any atom is -0.267 e. The Labute approximate surface area is 151 Å². The van der Waals surface area contributed by atoms with Crippen LogP contribution in [0, 0.1) is 24.4 Å². The second-order valence-electron chi connectivity index (χ2n) is 5.69. The average molecular weight is 399 g/mol. The van der Waals surface area contributed by atoms with Crippen molar-refractivity contribution in [1.82, 2.24) is 4.57 Å². The van der Waals surface area contributed by atoms with Gasteiger partial charge in [0.25, 0.3) is 0 Å².